The summed E-state index contributed by atoms with van der Waals surface area (Å²) in [6.07, 6.45) is 4.07. The Morgan fingerprint density at radius 1 is 1.00 bits per heavy atom. The Hall–Kier alpha value is -3.87. The van der Waals surface area contributed by atoms with Gasteiger partial charge in [0.25, 0.3) is 5.56 Å². The van der Waals surface area contributed by atoms with Crippen LogP contribution in [0, 0.1) is 6.92 Å². The van der Waals surface area contributed by atoms with E-state index < -0.39 is 18.1 Å². The Kier molecular flexibility index (Phi) is 10.9. The normalized spacial score (nSPS) is 12.5. The first-order valence-electron chi connectivity index (χ1n) is 13.9. The van der Waals surface area contributed by atoms with Crippen LogP contribution in [0.3, 0.4) is 0 Å². The van der Waals surface area contributed by atoms with E-state index in [1.165, 1.54) is 0 Å². The zero-order valence-corrected chi connectivity index (χ0v) is 23.5. The predicted molar refractivity (Wildman–Crippen MR) is 156 cm³/mol. The summed E-state index contributed by atoms with van der Waals surface area (Å²) in [7, 11) is 0. The molecule has 1 unspecified atom stereocenters. The fraction of sp³-hybridized carbons (Fsp3) is 0.406. The molecule has 0 fully saturated rings. The van der Waals surface area contributed by atoms with Crippen molar-refractivity contribution in [1.29, 1.82) is 0 Å². The maximum absolute atomic E-state index is 13.8. The van der Waals surface area contributed by atoms with Crippen LogP contribution in [-0.2, 0) is 16.0 Å². The van der Waals surface area contributed by atoms with Crippen LogP contribution in [0.25, 0.3) is 0 Å². The molecule has 0 spiro atoms. The van der Waals surface area contributed by atoms with Crippen LogP contribution < -0.4 is 15.8 Å². The molecule has 0 aliphatic rings. The summed E-state index contributed by atoms with van der Waals surface area (Å²) in [5, 5.41) is 12.7. The zero-order chi connectivity index (χ0) is 28.4. The fourth-order valence-corrected chi connectivity index (χ4v) is 5.01. The van der Waals surface area contributed by atoms with Gasteiger partial charge in [-0.1, -0.05) is 62.2 Å². The molecule has 2 atom stereocenters. The molecule has 1 aromatic heterocycles. The van der Waals surface area contributed by atoms with Crippen molar-refractivity contribution in [2.45, 2.75) is 71.9 Å². The third-order valence-corrected chi connectivity index (χ3v) is 7.06. The summed E-state index contributed by atoms with van der Waals surface area (Å²) in [6.45, 7) is 9.73. The highest BCUT2D eigenvalue weighted by molar-refractivity contribution is 5.81. The van der Waals surface area contributed by atoms with Gasteiger partial charge in [0.15, 0.2) is 0 Å². The minimum absolute atomic E-state index is 0.195. The summed E-state index contributed by atoms with van der Waals surface area (Å²) >= 11 is 0. The standard InChI is InChI=1S/C32H41N3O4/c1-5-8-17-29(35-22-23(4)18-26(32(35)39)19-24-13-10-9-11-14-24)31(38)33-28(21-30(36)37)25-15-12-16-27(20-25)34(6-2)7-3/h9-16,18,20,22,28-29H,5-8,17,19,21H2,1-4H3,(H,33,38)(H,36,37)/t28-,29?/m0/s1. The van der Waals surface area contributed by atoms with Crippen LogP contribution in [0.4, 0.5) is 5.69 Å². The number of rotatable bonds is 14. The molecule has 39 heavy (non-hydrogen) atoms. The zero-order valence-electron chi connectivity index (χ0n) is 23.5. The molecule has 0 radical (unpaired) electrons. The van der Waals surface area contributed by atoms with Gasteiger partial charge in [0.2, 0.25) is 5.91 Å². The number of aryl methyl sites for hydroxylation is 1. The Balaban J connectivity index is 1.97. The van der Waals surface area contributed by atoms with E-state index >= 15 is 0 Å². The second-order valence-corrected chi connectivity index (χ2v) is 10.0. The van der Waals surface area contributed by atoms with Gasteiger partial charge in [-0.3, -0.25) is 14.4 Å². The highest BCUT2D eigenvalue weighted by Gasteiger charge is 2.27. The van der Waals surface area contributed by atoms with Crippen molar-refractivity contribution in [2.24, 2.45) is 0 Å². The largest absolute Gasteiger partial charge is 0.481 e. The molecule has 7 nitrogen and oxygen atoms in total. The fourth-order valence-electron chi connectivity index (χ4n) is 5.01. The van der Waals surface area contributed by atoms with E-state index in [0.29, 0.717) is 18.4 Å². The molecule has 0 saturated carbocycles. The van der Waals surface area contributed by atoms with E-state index in [1.807, 2.05) is 74.5 Å². The average molecular weight is 532 g/mol. The highest BCUT2D eigenvalue weighted by atomic mass is 16.4. The van der Waals surface area contributed by atoms with E-state index in [9.17, 15) is 19.5 Å². The summed E-state index contributed by atoms with van der Waals surface area (Å²) in [6, 6.07) is 17.9. The summed E-state index contributed by atoms with van der Waals surface area (Å²) in [5.41, 5.74) is 4.05. The molecule has 3 aromatic rings. The molecule has 2 N–H and O–H groups in total. The second kappa shape index (κ2) is 14.3. The third kappa shape index (κ3) is 8.06. The van der Waals surface area contributed by atoms with E-state index in [1.54, 1.807) is 10.8 Å². The van der Waals surface area contributed by atoms with Crippen LogP contribution in [0.15, 0.2) is 71.7 Å². The first-order valence-corrected chi connectivity index (χ1v) is 13.9. The van der Waals surface area contributed by atoms with Crippen LogP contribution in [0.5, 0.6) is 0 Å². The minimum Gasteiger partial charge on any atom is -0.481 e. The molecular formula is C32H41N3O4. The van der Waals surface area contributed by atoms with Gasteiger partial charge in [-0.15, -0.1) is 0 Å². The SMILES string of the molecule is CCCCC(C(=O)N[C@@H](CC(=O)O)c1cccc(N(CC)CC)c1)n1cc(C)cc(Cc2ccccc2)c1=O. The number of nitrogens with zero attached hydrogens (tertiary/aromatic N) is 2. The molecule has 0 bridgehead atoms. The van der Waals surface area contributed by atoms with Gasteiger partial charge in [-0.05, 0) is 62.1 Å². The minimum atomic E-state index is -1.00. The number of hydrogen-bond acceptors (Lipinski definition) is 4. The maximum atomic E-state index is 13.8. The van der Waals surface area contributed by atoms with Crippen LogP contribution in [0.1, 0.15) is 80.8 Å². The second-order valence-electron chi connectivity index (χ2n) is 10.0. The first kappa shape index (κ1) is 29.7. The van der Waals surface area contributed by atoms with Crippen molar-refractivity contribution >= 4 is 17.6 Å². The lowest BCUT2D eigenvalue weighted by Crippen LogP contribution is -2.40. The number of carbonyl (C=O) groups excluding carboxylic acids is 1. The number of aliphatic carboxylic acids is 1. The smallest absolute Gasteiger partial charge is 0.305 e. The summed E-state index contributed by atoms with van der Waals surface area (Å²) in [4.78, 5) is 41.4. The molecule has 0 aliphatic heterocycles. The van der Waals surface area contributed by atoms with E-state index in [-0.39, 0.29) is 17.9 Å². The molecule has 3 rings (SSSR count). The number of pyridine rings is 1. The van der Waals surface area contributed by atoms with Gasteiger partial charge in [-0.25, -0.2) is 0 Å². The Morgan fingerprint density at radius 3 is 2.36 bits per heavy atom. The van der Waals surface area contributed by atoms with Gasteiger partial charge >= 0.3 is 5.97 Å². The third-order valence-electron chi connectivity index (χ3n) is 7.06. The topological polar surface area (TPSA) is 91.6 Å². The maximum Gasteiger partial charge on any atom is 0.305 e. The Morgan fingerprint density at radius 2 is 1.72 bits per heavy atom. The molecule has 2 aromatic carbocycles. The number of unbranched alkanes of at least 4 members (excludes halogenated alkanes) is 1. The number of anilines is 1. The van der Waals surface area contributed by atoms with Crippen molar-refractivity contribution in [3.8, 4) is 0 Å². The van der Waals surface area contributed by atoms with E-state index in [0.717, 1.165) is 48.3 Å². The first-order chi connectivity index (χ1) is 18.8. The van der Waals surface area contributed by atoms with Gasteiger partial charge in [0.1, 0.15) is 6.04 Å². The number of amides is 1. The summed E-state index contributed by atoms with van der Waals surface area (Å²) in [5.74, 6) is -1.35. The van der Waals surface area contributed by atoms with Gasteiger partial charge in [0.05, 0.1) is 12.5 Å². The van der Waals surface area contributed by atoms with Gasteiger partial charge < -0.3 is 19.9 Å². The van der Waals surface area contributed by atoms with Crippen molar-refractivity contribution in [3.63, 3.8) is 0 Å². The van der Waals surface area contributed by atoms with Gasteiger partial charge in [0, 0.05) is 37.0 Å². The molecular weight excluding hydrogens is 490 g/mol. The average Bonchev–Trinajstić information content (AvgIpc) is 2.92. The van der Waals surface area contributed by atoms with Gasteiger partial charge in [-0.2, -0.15) is 0 Å². The molecule has 208 valence electrons. The van der Waals surface area contributed by atoms with Crippen molar-refractivity contribution in [1.82, 2.24) is 9.88 Å². The molecule has 1 amide bonds. The highest BCUT2D eigenvalue weighted by Crippen LogP contribution is 2.25. The number of hydrogen-bond donors (Lipinski definition) is 2. The molecule has 0 aliphatic carbocycles. The van der Waals surface area contributed by atoms with Crippen LogP contribution in [-0.4, -0.2) is 34.6 Å². The number of benzene rings is 2. The lowest BCUT2D eigenvalue weighted by Gasteiger charge is -2.26. The van der Waals surface area contributed by atoms with Crippen LogP contribution in [0.2, 0.25) is 0 Å². The van der Waals surface area contributed by atoms with Crippen LogP contribution >= 0.6 is 0 Å². The molecule has 7 heteroatoms. The lowest BCUT2D eigenvalue weighted by molar-refractivity contribution is -0.138. The van der Waals surface area contributed by atoms with Crippen molar-refractivity contribution < 1.29 is 14.7 Å². The number of carbonyl (C=O) groups is 2. The van der Waals surface area contributed by atoms with E-state index in [4.69, 9.17) is 0 Å². The molecule has 1 heterocycles. The number of carboxylic acid groups (broad SMARTS) is 1. The predicted octanol–water partition coefficient (Wildman–Crippen LogP) is 5.66. The van der Waals surface area contributed by atoms with Crippen molar-refractivity contribution in [2.75, 3.05) is 18.0 Å². The lowest BCUT2D eigenvalue weighted by atomic mass is 10.0. The number of carboxylic acids is 1. The van der Waals surface area contributed by atoms with Crippen molar-refractivity contribution in [3.05, 3.63) is 99.5 Å². The quantitative estimate of drug-likeness (QED) is 0.280. The molecule has 0 saturated heterocycles. The Bertz CT molecular complexity index is 1300. The van der Waals surface area contributed by atoms with E-state index in [2.05, 4.69) is 24.1 Å². The number of nitrogens with one attached hydrogen (secondary N) is 1. The summed E-state index contributed by atoms with van der Waals surface area (Å²) < 4.78 is 1.54. The Labute approximate surface area is 231 Å². The monoisotopic (exact) mass is 531 g/mol. The number of aromatic nitrogens is 1.